The number of halogens is 4. The molecule has 1 rings (SSSR count). The van der Waals surface area contributed by atoms with Gasteiger partial charge < -0.3 is 4.74 Å². The van der Waals surface area contributed by atoms with Gasteiger partial charge in [0.25, 0.3) is 0 Å². The summed E-state index contributed by atoms with van der Waals surface area (Å²) in [5.74, 6) is -2.91. The Balaban J connectivity index is 2.43. The fourth-order valence-electron chi connectivity index (χ4n) is 1.25. The van der Waals surface area contributed by atoms with Gasteiger partial charge in [0.05, 0.1) is 0 Å². The van der Waals surface area contributed by atoms with Crippen LogP contribution in [0, 0.1) is 11.3 Å². The molecule has 0 saturated heterocycles. The topological polar surface area (TPSA) is 26.3 Å². The molecule has 0 bridgehead atoms. The van der Waals surface area contributed by atoms with Crippen molar-refractivity contribution in [1.82, 2.24) is 0 Å². The zero-order valence-corrected chi connectivity index (χ0v) is 8.90. The third kappa shape index (κ3) is 3.83. The lowest BCUT2D eigenvalue weighted by molar-refractivity contribution is -0.184. The van der Waals surface area contributed by atoms with E-state index in [-0.39, 0.29) is 11.3 Å². The van der Waals surface area contributed by atoms with Gasteiger partial charge in [-0.3, -0.25) is 0 Å². The van der Waals surface area contributed by atoms with E-state index in [1.165, 1.54) is 0 Å². The molecule has 0 amide bonds. The normalized spacial score (nSPS) is 24.1. The summed E-state index contributed by atoms with van der Waals surface area (Å²) in [6.07, 6.45) is -2.89. The SMILES string of the molecule is CC1(C)CC1C=C(F)C(=O)OCC(F)(F)F. The molecule has 0 N–H and O–H groups in total. The quantitative estimate of drug-likeness (QED) is 0.430. The molecule has 0 heterocycles. The Kier molecular flexibility index (Phi) is 3.30. The van der Waals surface area contributed by atoms with Gasteiger partial charge in [-0.25, -0.2) is 4.79 Å². The molecule has 92 valence electrons. The molecule has 1 aliphatic carbocycles. The monoisotopic (exact) mass is 240 g/mol. The minimum Gasteiger partial charge on any atom is -0.451 e. The summed E-state index contributed by atoms with van der Waals surface area (Å²) >= 11 is 0. The van der Waals surface area contributed by atoms with E-state index in [1.54, 1.807) is 0 Å². The summed E-state index contributed by atoms with van der Waals surface area (Å²) in [7, 11) is 0. The van der Waals surface area contributed by atoms with Crippen LogP contribution in [0.4, 0.5) is 17.6 Å². The Morgan fingerprint density at radius 2 is 2.00 bits per heavy atom. The highest BCUT2D eigenvalue weighted by Crippen LogP contribution is 2.52. The highest BCUT2D eigenvalue weighted by molar-refractivity contribution is 5.86. The molecule has 2 nitrogen and oxygen atoms in total. The molecule has 1 unspecified atom stereocenters. The summed E-state index contributed by atoms with van der Waals surface area (Å²) in [4.78, 5) is 10.8. The van der Waals surface area contributed by atoms with Crippen molar-refractivity contribution in [3.8, 4) is 0 Å². The maximum Gasteiger partial charge on any atom is 0.422 e. The van der Waals surface area contributed by atoms with Crippen LogP contribution in [0.15, 0.2) is 11.9 Å². The second kappa shape index (κ2) is 4.07. The van der Waals surface area contributed by atoms with E-state index in [9.17, 15) is 22.4 Å². The highest BCUT2D eigenvalue weighted by atomic mass is 19.4. The fraction of sp³-hybridized carbons (Fsp3) is 0.700. The second-order valence-electron chi connectivity index (χ2n) is 4.51. The predicted molar refractivity (Wildman–Crippen MR) is 48.1 cm³/mol. The Bertz CT molecular complexity index is 317. The summed E-state index contributed by atoms with van der Waals surface area (Å²) in [6.45, 7) is 1.99. The summed E-state index contributed by atoms with van der Waals surface area (Å²) in [6, 6.07) is 0. The molecule has 6 heteroatoms. The third-order valence-corrected chi connectivity index (χ3v) is 2.50. The molecule has 1 atom stereocenters. The van der Waals surface area contributed by atoms with Gasteiger partial charge in [0, 0.05) is 0 Å². The molecule has 0 aromatic rings. The van der Waals surface area contributed by atoms with Crippen LogP contribution in [0.2, 0.25) is 0 Å². The lowest BCUT2D eigenvalue weighted by Crippen LogP contribution is -2.20. The summed E-state index contributed by atoms with van der Waals surface area (Å²) in [5.41, 5.74) is -0.0817. The predicted octanol–water partition coefficient (Wildman–Crippen LogP) is 2.99. The minimum absolute atomic E-state index is 0.0817. The second-order valence-corrected chi connectivity index (χ2v) is 4.51. The van der Waals surface area contributed by atoms with Crippen LogP contribution in [-0.2, 0) is 9.53 Å². The van der Waals surface area contributed by atoms with E-state index in [0.29, 0.717) is 6.42 Å². The Morgan fingerprint density at radius 3 is 2.38 bits per heavy atom. The average Bonchev–Trinajstić information content (AvgIpc) is 2.68. The van der Waals surface area contributed by atoms with Gasteiger partial charge >= 0.3 is 12.1 Å². The molecular weight excluding hydrogens is 228 g/mol. The standard InChI is InChI=1S/C10H12F4O2/c1-9(2)4-6(9)3-7(11)8(15)16-5-10(12,13)14/h3,6H,4-5H2,1-2H3. The molecular formula is C10H12F4O2. The first-order chi connectivity index (χ1) is 7.12. The number of esters is 1. The van der Waals surface area contributed by atoms with Crippen molar-refractivity contribution in [3.05, 3.63) is 11.9 Å². The number of ether oxygens (including phenoxy) is 1. The number of carbonyl (C=O) groups excluding carboxylic acids is 1. The maximum atomic E-state index is 13.0. The summed E-state index contributed by atoms with van der Waals surface area (Å²) < 4.78 is 51.8. The van der Waals surface area contributed by atoms with E-state index >= 15 is 0 Å². The van der Waals surface area contributed by atoms with E-state index in [4.69, 9.17) is 0 Å². The first kappa shape index (κ1) is 13.0. The van der Waals surface area contributed by atoms with E-state index in [1.807, 2.05) is 13.8 Å². The lowest BCUT2D eigenvalue weighted by atomic mass is 10.1. The summed E-state index contributed by atoms with van der Waals surface area (Å²) in [5, 5.41) is 0. The Hall–Kier alpha value is -1.07. The van der Waals surface area contributed by atoms with Crippen LogP contribution in [0.1, 0.15) is 20.3 Å². The zero-order valence-electron chi connectivity index (χ0n) is 8.90. The van der Waals surface area contributed by atoms with Gasteiger partial charge in [-0.05, 0) is 23.8 Å². The van der Waals surface area contributed by atoms with Gasteiger partial charge in [0.15, 0.2) is 6.61 Å². The Labute approximate surface area is 90.3 Å². The van der Waals surface area contributed by atoms with Crippen LogP contribution in [0.3, 0.4) is 0 Å². The first-order valence-corrected chi connectivity index (χ1v) is 4.73. The van der Waals surface area contributed by atoms with Gasteiger partial charge in [-0.1, -0.05) is 13.8 Å². The Morgan fingerprint density at radius 1 is 1.50 bits per heavy atom. The van der Waals surface area contributed by atoms with Crippen molar-refractivity contribution < 1.29 is 27.1 Å². The number of allylic oxidation sites excluding steroid dienone is 1. The third-order valence-electron chi connectivity index (χ3n) is 2.50. The van der Waals surface area contributed by atoms with Crippen molar-refractivity contribution in [2.24, 2.45) is 11.3 Å². The van der Waals surface area contributed by atoms with Crippen LogP contribution >= 0.6 is 0 Å². The molecule has 0 radical (unpaired) electrons. The number of hydrogen-bond acceptors (Lipinski definition) is 2. The highest BCUT2D eigenvalue weighted by Gasteiger charge is 2.44. The van der Waals surface area contributed by atoms with Gasteiger partial charge in [-0.2, -0.15) is 17.6 Å². The molecule has 16 heavy (non-hydrogen) atoms. The van der Waals surface area contributed by atoms with E-state index in [0.717, 1.165) is 6.08 Å². The van der Waals surface area contributed by atoms with Crippen molar-refractivity contribution in [1.29, 1.82) is 0 Å². The van der Waals surface area contributed by atoms with E-state index < -0.39 is 24.6 Å². The number of rotatable bonds is 3. The van der Waals surface area contributed by atoms with Crippen LogP contribution in [-0.4, -0.2) is 18.8 Å². The van der Waals surface area contributed by atoms with Crippen molar-refractivity contribution >= 4 is 5.97 Å². The van der Waals surface area contributed by atoms with Crippen LogP contribution in [0.25, 0.3) is 0 Å². The van der Waals surface area contributed by atoms with Crippen LogP contribution in [0.5, 0.6) is 0 Å². The van der Waals surface area contributed by atoms with Gasteiger partial charge in [0.1, 0.15) is 0 Å². The fourth-order valence-corrected chi connectivity index (χ4v) is 1.25. The molecule has 0 spiro atoms. The average molecular weight is 240 g/mol. The lowest BCUT2D eigenvalue weighted by Gasteiger charge is -2.06. The molecule has 1 saturated carbocycles. The largest absolute Gasteiger partial charge is 0.451 e. The molecule has 1 aliphatic rings. The number of hydrogen-bond donors (Lipinski definition) is 0. The van der Waals surface area contributed by atoms with Crippen molar-refractivity contribution in [2.75, 3.05) is 6.61 Å². The molecule has 0 aliphatic heterocycles. The molecule has 0 aromatic heterocycles. The zero-order chi connectivity index (χ0) is 12.6. The van der Waals surface area contributed by atoms with Crippen LogP contribution < -0.4 is 0 Å². The number of carbonyl (C=O) groups is 1. The van der Waals surface area contributed by atoms with Gasteiger partial charge in [-0.15, -0.1) is 0 Å². The maximum absolute atomic E-state index is 13.0. The van der Waals surface area contributed by atoms with E-state index in [2.05, 4.69) is 4.74 Å². The first-order valence-electron chi connectivity index (χ1n) is 4.73. The molecule has 1 fully saturated rings. The minimum atomic E-state index is -4.63. The molecule has 0 aromatic carbocycles. The van der Waals surface area contributed by atoms with Gasteiger partial charge in [0.2, 0.25) is 5.83 Å². The smallest absolute Gasteiger partial charge is 0.422 e. The van der Waals surface area contributed by atoms with Crippen molar-refractivity contribution in [3.63, 3.8) is 0 Å². The number of alkyl halides is 3. The van der Waals surface area contributed by atoms with Crippen molar-refractivity contribution in [2.45, 2.75) is 26.4 Å².